The van der Waals surface area contributed by atoms with E-state index in [1.54, 1.807) is 18.3 Å². The Labute approximate surface area is 110 Å². The number of rotatable bonds is 1. The number of nitro groups is 1. The van der Waals surface area contributed by atoms with Gasteiger partial charge in [0.25, 0.3) is 5.69 Å². The van der Waals surface area contributed by atoms with Gasteiger partial charge in [-0.25, -0.2) is 0 Å². The maximum Gasteiger partial charge on any atom is 0.278 e. The van der Waals surface area contributed by atoms with Crippen LogP contribution in [0.2, 0.25) is 0 Å². The van der Waals surface area contributed by atoms with Crippen molar-refractivity contribution in [2.24, 2.45) is 5.92 Å². The van der Waals surface area contributed by atoms with Gasteiger partial charge in [0.05, 0.1) is 22.2 Å². The summed E-state index contributed by atoms with van der Waals surface area (Å²) >= 11 is 0. The molecule has 5 nitrogen and oxygen atoms in total. The van der Waals surface area contributed by atoms with Gasteiger partial charge in [-0.05, 0) is 18.2 Å². The van der Waals surface area contributed by atoms with E-state index in [9.17, 15) is 14.9 Å². The van der Waals surface area contributed by atoms with Crippen molar-refractivity contribution in [3.8, 4) is 0 Å². The summed E-state index contributed by atoms with van der Waals surface area (Å²) in [6, 6.07) is 4.94. The molecule has 0 bridgehead atoms. The molecule has 0 saturated heterocycles. The summed E-state index contributed by atoms with van der Waals surface area (Å²) in [4.78, 5) is 24.3. The van der Waals surface area contributed by atoms with Crippen LogP contribution in [0.4, 0.5) is 11.4 Å². The molecule has 1 aromatic rings. The molecule has 0 saturated carbocycles. The highest BCUT2D eigenvalue weighted by Gasteiger charge is 2.34. The zero-order valence-corrected chi connectivity index (χ0v) is 10.3. The number of benzene rings is 1. The van der Waals surface area contributed by atoms with Crippen LogP contribution in [0.5, 0.6) is 0 Å². The molecule has 19 heavy (non-hydrogen) atoms. The van der Waals surface area contributed by atoms with Crippen LogP contribution in [-0.4, -0.2) is 16.7 Å². The molecule has 3 rings (SSSR count). The summed E-state index contributed by atoms with van der Waals surface area (Å²) in [5.41, 5.74) is 1.46. The molecular formula is C14H12N2O3. The number of allylic oxidation sites excluding steroid dienone is 1. The highest BCUT2D eigenvalue weighted by molar-refractivity contribution is 5.96. The second-order valence-corrected chi connectivity index (χ2v) is 4.73. The average molecular weight is 256 g/mol. The van der Waals surface area contributed by atoms with Crippen LogP contribution >= 0.6 is 0 Å². The minimum absolute atomic E-state index is 0.0630. The third-order valence-corrected chi connectivity index (χ3v) is 3.68. The number of nitro benzene ring substituents is 1. The second kappa shape index (κ2) is 4.05. The smallest absolute Gasteiger partial charge is 0.278 e. The number of fused-ring (bicyclic) bond motifs is 3. The molecule has 2 aliphatic rings. The van der Waals surface area contributed by atoms with Crippen LogP contribution < -0.4 is 4.90 Å². The predicted octanol–water partition coefficient (Wildman–Crippen LogP) is 2.53. The third-order valence-electron chi connectivity index (χ3n) is 3.68. The molecular weight excluding hydrogens is 244 g/mol. The van der Waals surface area contributed by atoms with Crippen LogP contribution in [0.25, 0.3) is 6.08 Å². The van der Waals surface area contributed by atoms with Gasteiger partial charge in [0.2, 0.25) is 0 Å². The summed E-state index contributed by atoms with van der Waals surface area (Å²) in [6.07, 6.45) is 6.85. The topological polar surface area (TPSA) is 63.5 Å². The molecule has 0 N–H and O–H groups in total. The van der Waals surface area contributed by atoms with Crippen molar-refractivity contribution < 1.29 is 9.72 Å². The van der Waals surface area contributed by atoms with Crippen molar-refractivity contribution in [1.82, 2.24) is 0 Å². The molecule has 1 aromatic carbocycles. The summed E-state index contributed by atoms with van der Waals surface area (Å²) < 4.78 is 0. The second-order valence-electron chi connectivity index (χ2n) is 4.73. The fourth-order valence-corrected chi connectivity index (χ4v) is 2.61. The van der Waals surface area contributed by atoms with Gasteiger partial charge in [0.1, 0.15) is 0 Å². The van der Waals surface area contributed by atoms with Crippen molar-refractivity contribution in [2.75, 3.05) is 4.90 Å². The summed E-state index contributed by atoms with van der Waals surface area (Å²) in [7, 11) is 0. The number of ketones is 1. The lowest BCUT2D eigenvalue weighted by atomic mass is 9.88. The summed E-state index contributed by atoms with van der Waals surface area (Å²) in [5.74, 6) is -0.0616. The highest BCUT2D eigenvalue weighted by atomic mass is 16.6. The maximum absolute atomic E-state index is 11.7. The van der Waals surface area contributed by atoms with Crippen LogP contribution in [0.3, 0.4) is 0 Å². The molecule has 0 aromatic heterocycles. The number of hydrogen-bond donors (Lipinski definition) is 0. The Bertz CT molecular complexity index is 634. The molecule has 0 amide bonds. The first-order valence-electron chi connectivity index (χ1n) is 6.05. The van der Waals surface area contributed by atoms with Crippen LogP contribution in [0.15, 0.2) is 36.6 Å². The normalized spacial score (nSPS) is 24.1. The van der Waals surface area contributed by atoms with Crippen molar-refractivity contribution in [1.29, 1.82) is 0 Å². The van der Waals surface area contributed by atoms with Crippen molar-refractivity contribution >= 4 is 23.2 Å². The van der Waals surface area contributed by atoms with Gasteiger partial charge in [-0.2, -0.15) is 0 Å². The zero-order valence-electron chi connectivity index (χ0n) is 10.3. The Morgan fingerprint density at radius 3 is 2.84 bits per heavy atom. The van der Waals surface area contributed by atoms with E-state index in [0.29, 0.717) is 5.56 Å². The van der Waals surface area contributed by atoms with Crippen LogP contribution in [0.1, 0.15) is 12.5 Å². The van der Waals surface area contributed by atoms with Gasteiger partial charge in [0, 0.05) is 18.2 Å². The first-order chi connectivity index (χ1) is 9.09. The zero-order chi connectivity index (χ0) is 13.6. The number of hydrogen-bond acceptors (Lipinski definition) is 4. The van der Waals surface area contributed by atoms with Gasteiger partial charge in [-0.1, -0.05) is 19.1 Å². The van der Waals surface area contributed by atoms with Gasteiger partial charge >= 0.3 is 0 Å². The molecule has 96 valence electrons. The molecule has 2 aliphatic heterocycles. The van der Waals surface area contributed by atoms with E-state index in [4.69, 9.17) is 0 Å². The van der Waals surface area contributed by atoms with Crippen LogP contribution in [0, 0.1) is 16.0 Å². The summed E-state index contributed by atoms with van der Waals surface area (Å²) in [6.45, 7) is 1.87. The Balaban J connectivity index is 2.16. The molecule has 0 spiro atoms. The quantitative estimate of drug-likeness (QED) is 0.572. The lowest BCUT2D eigenvalue weighted by Crippen LogP contribution is -2.42. The lowest BCUT2D eigenvalue weighted by Gasteiger charge is -2.37. The van der Waals surface area contributed by atoms with E-state index in [-0.39, 0.29) is 28.4 Å². The van der Waals surface area contributed by atoms with E-state index < -0.39 is 0 Å². The SMILES string of the molecule is C[C@H]1C(=O)C=CN2c3cccc([N+](=O)[O-])c3C=C[C@H]12. The van der Waals surface area contributed by atoms with E-state index in [2.05, 4.69) is 0 Å². The molecule has 0 radical (unpaired) electrons. The fraction of sp³-hybridized carbons (Fsp3) is 0.214. The molecule has 2 heterocycles. The Morgan fingerprint density at radius 1 is 1.32 bits per heavy atom. The Kier molecular flexibility index (Phi) is 2.48. The van der Waals surface area contributed by atoms with E-state index in [1.165, 1.54) is 12.1 Å². The molecule has 0 unspecified atom stereocenters. The number of nitrogens with zero attached hydrogens (tertiary/aromatic N) is 2. The number of anilines is 1. The molecule has 0 fully saturated rings. The van der Waals surface area contributed by atoms with Gasteiger partial charge in [-0.3, -0.25) is 14.9 Å². The Morgan fingerprint density at radius 2 is 2.11 bits per heavy atom. The van der Waals surface area contributed by atoms with Gasteiger partial charge < -0.3 is 4.90 Å². The van der Waals surface area contributed by atoms with Crippen molar-refractivity contribution in [3.63, 3.8) is 0 Å². The summed E-state index contributed by atoms with van der Waals surface area (Å²) in [5, 5.41) is 11.0. The monoisotopic (exact) mass is 256 g/mol. The Hall–Kier alpha value is -2.43. The van der Waals surface area contributed by atoms with Gasteiger partial charge in [0.15, 0.2) is 5.78 Å². The van der Waals surface area contributed by atoms with Crippen molar-refractivity contribution in [2.45, 2.75) is 13.0 Å². The average Bonchev–Trinajstić information content (AvgIpc) is 2.41. The van der Waals surface area contributed by atoms with E-state index in [0.717, 1.165) is 5.69 Å². The van der Waals surface area contributed by atoms with E-state index in [1.807, 2.05) is 24.0 Å². The highest BCUT2D eigenvalue weighted by Crippen LogP contribution is 2.38. The first-order valence-corrected chi connectivity index (χ1v) is 6.05. The van der Waals surface area contributed by atoms with E-state index >= 15 is 0 Å². The first kappa shape index (κ1) is 11.6. The molecule has 0 aliphatic carbocycles. The fourth-order valence-electron chi connectivity index (χ4n) is 2.61. The lowest BCUT2D eigenvalue weighted by molar-refractivity contribution is -0.385. The minimum Gasteiger partial charge on any atom is -0.340 e. The molecule has 5 heteroatoms. The standard InChI is InChI=1S/C14H12N2O3/c1-9-11-6-5-10-12(15(11)8-7-14(9)17)3-2-4-13(10)16(18)19/h2-9,11H,1H3/t9-,11-/m1/s1. The largest absolute Gasteiger partial charge is 0.340 e. The predicted molar refractivity (Wildman–Crippen MR) is 71.7 cm³/mol. The van der Waals surface area contributed by atoms with Crippen LogP contribution in [-0.2, 0) is 4.79 Å². The van der Waals surface area contributed by atoms with Crippen molar-refractivity contribution in [3.05, 3.63) is 52.2 Å². The number of carbonyl (C=O) groups is 1. The number of carbonyl (C=O) groups excluding carboxylic acids is 1. The third kappa shape index (κ3) is 1.66. The van der Waals surface area contributed by atoms with Gasteiger partial charge in [-0.15, -0.1) is 0 Å². The maximum atomic E-state index is 11.7. The minimum atomic E-state index is -0.383. The molecule has 2 atom stereocenters.